The summed E-state index contributed by atoms with van der Waals surface area (Å²) in [4.78, 5) is 15.8. The number of aromatic nitrogens is 1. The number of thiazole rings is 1. The summed E-state index contributed by atoms with van der Waals surface area (Å²) in [6.07, 6.45) is 4.94. The molecule has 0 saturated heterocycles. The van der Waals surface area contributed by atoms with Crippen molar-refractivity contribution in [2.24, 2.45) is 0 Å². The zero-order chi connectivity index (χ0) is 9.68. The van der Waals surface area contributed by atoms with E-state index < -0.39 is 5.83 Å². The molecule has 13 heavy (non-hydrogen) atoms. The van der Waals surface area contributed by atoms with Gasteiger partial charge in [-0.2, -0.15) is 0 Å². The first-order chi connectivity index (χ1) is 6.26. The van der Waals surface area contributed by atoms with Gasteiger partial charge in [-0.25, -0.2) is 9.37 Å². The van der Waals surface area contributed by atoms with Gasteiger partial charge in [0, 0.05) is 11.2 Å². The number of rotatable bonds is 3. The van der Waals surface area contributed by atoms with E-state index in [4.69, 9.17) is 0 Å². The van der Waals surface area contributed by atoms with Gasteiger partial charge in [0.2, 0.25) is 0 Å². The fourth-order valence-corrected chi connectivity index (χ4v) is 1.41. The number of hydrogen-bond acceptors (Lipinski definition) is 3. The zero-order valence-corrected chi connectivity index (χ0v) is 8.81. The molecule has 0 amide bonds. The van der Waals surface area contributed by atoms with Crippen molar-refractivity contribution in [3.63, 3.8) is 0 Å². The standard InChI is InChI=1S/C8H5BrFNOS/c9-3-6(10)1-2-8-11-4-7(5-12)13-8/h1-5H. The van der Waals surface area contributed by atoms with E-state index in [1.54, 1.807) is 0 Å². The van der Waals surface area contributed by atoms with Crippen molar-refractivity contribution < 1.29 is 9.18 Å². The molecule has 1 rings (SSSR count). The van der Waals surface area contributed by atoms with E-state index in [9.17, 15) is 9.18 Å². The van der Waals surface area contributed by atoms with Crippen LogP contribution in [0.1, 0.15) is 14.7 Å². The molecule has 1 aromatic rings. The molecule has 0 fully saturated rings. The minimum atomic E-state index is -0.400. The smallest absolute Gasteiger partial charge is 0.161 e. The highest BCUT2D eigenvalue weighted by molar-refractivity contribution is 9.11. The molecule has 1 heterocycles. The molecule has 1 aromatic heterocycles. The molecule has 0 bridgehead atoms. The molecule has 0 aliphatic heterocycles. The molecule has 0 radical (unpaired) electrons. The van der Waals surface area contributed by atoms with Crippen LogP contribution in [0.3, 0.4) is 0 Å². The van der Waals surface area contributed by atoms with Crippen molar-refractivity contribution in [3.8, 4) is 0 Å². The maximum atomic E-state index is 12.5. The minimum Gasteiger partial charge on any atom is -0.297 e. The predicted molar refractivity (Wildman–Crippen MR) is 54.7 cm³/mol. The Morgan fingerprint density at radius 3 is 3.00 bits per heavy atom. The summed E-state index contributed by atoms with van der Waals surface area (Å²) in [6, 6.07) is 0. The van der Waals surface area contributed by atoms with Crippen LogP contribution in [0, 0.1) is 0 Å². The second-order valence-electron chi connectivity index (χ2n) is 2.05. The summed E-state index contributed by atoms with van der Waals surface area (Å²) >= 11 is 4.06. The Bertz CT molecular complexity index is 359. The lowest BCUT2D eigenvalue weighted by Gasteiger charge is -1.81. The summed E-state index contributed by atoms with van der Waals surface area (Å²) in [5, 5.41) is 0.603. The first-order valence-corrected chi connectivity index (χ1v) is 5.04. The van der Waals surface area contributed by atoms with Crippen LogP contribution >= 0.6 is 27.3 Å². The first kappa shape index (κ1) is 10.3. The summed E-state index contributed by atoms with van der Waals surface area (Å²) in [7, 11) is 0. The first-order valence-electron chi connectivity index (χ1n) is 3.31. The van der Waals surface area contributed by atoms with Gasteiger partial charge in [-0.15, -0.1) is 11.3 Å². The fraction of sp³-hybridized carbons (Fsp3) is 0. The molecule has 0 unspecified atom stereocenters. The van der Waals surface area contributed by atoms with Gasteiger partial charge in [0.15, 0.2) is 6.29 Å². The van der Waals surface area contributed by atoms with E-state index in [2.05, 4.69) is 20.9 Å². The second kappa shape index (κ2) is 5.04. The zero-order valence-electron chi connectivity index (χ0n) is 6.41. The van der Waals surface area contributed by atoms with Crippen molar-refractivity contribution >= 4 is 39.6 Å². The molecule has 0 atom stereocenters. The second-order valence-corrected chi connectivity index (χ2v) is 3.60. The summed E-state index contributed by atoms with van der Waals surface area (Å²) in [6.45, 7) is 0. The molecular weight excluding hydrogens is 257 g/mol. The Kier molecular flexibility index (Phi) is 3.98. The fourth-order valence-electron chi connectivity index (χ4n) is 0.619. The number of hydrogen-bond donors (Lipinski definition) is 0. The largest absolute Gasteiger partial charge is 0.297 e. The maximum absolute atomic E-state index is 12.5. The van der Waals surface area contributed by atoms with Crippen LogP contribution in [0.15, 0.2) is 23.1 Å². The van der Waals surface area contributed by atoms with E-state index in [1.165, 1.54) is 29.7 Å². The number of carbonyl (C=O) groups is 1. The van der Waals surface area contributed by atoms with E-state index in [1.807, 2.05) is 0 Å². The van der Waals surface area contributed by atoms with Gasteiger partial charge in [-0.3, -0.25) is 4.79 Å². The highest BCUT2D eigenvalue weighted by atomic mass is 79.9. The SMILES string of the molecule is O=Cc1cnc(C=CC(F)=CBr)s1. The average Bonchev–Trinajstić information content (AvgIpc) is 2.61. The summed E-state index contributed by atoms with van der Waals surface area (Å²) in [5.74, 6) is -0.400. The third-order valence-electron chi connectivity index (χ3n) is 1.15. The van der Waals surface area contributed by atoms with Crippen LogP contribution in [0.2, 0.25) is 0 Å². The lowest BCUT2D eigenvalue weighted by atomic mass is 10.5. The Labute approximate surface area is 86.9 Å². The molecule has 68 valence electrons. The predicted octanol–water partition coefficient (Wildman–Crippen LogP) is 3.17. The summed E-state index contributed by atoms with van der Waals surface area (Å²) < 4.78 is 12.5. The molecule has 2 nitrogen and oxygen atoms in total. The minimum absolute atomic E-state index is 0.400. The molecule has 0 aliphatic carbocycles. The number of halogens is 2. The van der Waals surface area contributed by atoms with Gasteiger partial charge in [-0.1, -0.05) is 15.9 Å². The van der Waals surface area contributed by atoms with Crippen LogP contribution in [0.25, 0.3) is 6.08 Å². The third kappa shape index (κ3) is 3.20. The van der Waals surface area contributed by atoms with Gasteiger partial charge < -0.3 is 0 Å². The number of carbonyl (C=O) groups excluding carboxylic acids is 1. The van der Waals surface area contributed by atoms with Gasteiger partial charge in [0.05, 0.1) is 4.88 Å². The van der Waals surface area contributed by atoms with Gasteiger partial charge in [0.1, 0.15) is 10.8 Å². The number of nitrogens with zero attached hydrogens (tertiary/aromatic N) is 1. The Balaban J connectivity index is 2.74. The van der Waals surface area contributed by atoms with Gasteiger partial charge in [-0.05, 0) is 12.2 Å². The number of aldehydes is 1. The van der Waals surface area contributed by atoms with Crippen molar-refractivity contribution in [3.05, 3.63) is 33.0 Å². The van der Waals surface area contributed by atoms with Crippen LogP contribution in [0.5, 0.6) is 0 Å². The molecular formula is C8H5BrFNOS. The normalized spacial score (nSPS) is 12.3. The third-order valence-corrected chi connectivity index (χ3v) is 2.47. The van der Waals surface area contributed by atoms with Crippen molar-refractivity contribution in [2.75, 3.05) is 0 Å². The summed E-state index contributed by atoms with van der Waals surface area (Å²) in [5.41, 5.74) is 0. The molecule has 0 N–H and O–H groups in total. The van der Waals surface area contributed by atoms with Crippen LogP contribution in [-0.2, 0) is 0 Å². The van der Waals surface area contributed by atoms with Crippen molar-refractivity contribution in [2.45, 2.75) is 0 Å². The lowest BCUT2D eigenvalue weighted by Crippen LogP contribution is -1.65. The molecule has 0 aromatic carbocycles. The Hall–Kier alpha value is -0.810. The van der Waals surface area contributed by atoms with Crippen LogP contribution in [0.4, 0.5) is 4.39 Å². The van der Waals surface area contributed by atoms with E-state index in [-0.39, 0.29) is 0 Å². The topological polar surface area (TPSA) is 30.0 Å². The highest BCUT2D eigenvalue weighted by Gasteiger charge is 1.96. The van der Waals surface area contributed by atoms with Gasteiger partial charge in [0.25, 0.3) is 0 Å². The van der Waals surface area contributed by atoms with Gasteiger partial charge >= 0.3 is 0 Å². The lowest BCUT2D eigenvalue weighted by molar-refractivity contribution is 0.112. The van der Waals surface area contributed by atoms with Crippen LogP contribution < -0.4 is 0 Å². The monoisotopic (exact) mass is 261 g/mol. The van der Waals surface area contributed by atoms with Crippen molar-refractivity contribution in [1.82, 2.24) is 4.98 Å². The Morgan fingerprint density at radius 2 is 2.46 bits per heavy atom. The Morgan fingerprint density at radius 1 is 1.69 bits per heavy atom. The average molecular weight is 262 g/mol. The molecule has 0 spiro atoms. The van der Waals surface area contributed by atoms with E-state index >= 15 is 0 Å². The molecule has 0 aliphatic rings. The quantitative estimate of drug-likeness (QED) is 0.618. The maximum Gasteiger partial charge on any atom is 0.161 e. The molecule has 0 saturated carbocycles. The van der Waals surface area contributed by atoms with Crippen molar-refractivity contribution in [1.29, 1.82) is 0 Å². The highest BCUT2D eigenvalue weighted by Crippen LogP contribution is 2.13. The molecule has 5 heteroatoms. The number of allylic oxidation sites excluding steroid dienone is 2. The van der Waals surface area contributed by atoms with E-state index in [0.29, 0.717) is 16.2 Å². The van der Waals surface area contributed by atoms with Crippen LogP contribution in [-0.4, -0.2) is 11.3 Å². The van der Waals surface area contributed by atoms with E-state index in [0.717, 1.165) is 4.99 Å².